The van der Waals surface area contributed by atoms with Crippen LogP contribution >= 0.6 is 0 Å². The predicted octanol–water partition coefficient (Wildman–Crippen LogP) is 2.56. The third kappa shape index (κ3) is 5.28. The summed E-state index contributed by atoms with van der Waals surface area (Å²) in [6.07, 6.45) is 5.94. The van der Waals surface area contributed by atoms with Gasteiger partial charge in [-0.3, -0.25) is 4.79 Å². The Morgan fingerprint density at radius 3 is 2.52 bits per heavy atom. The van der Waals surface area contributed by atoms with Gasteiger partial charge in [0.15, 0.2) is 0 Å². The second-order valence-corrected chi connectivity index (χ2v) is 8.54. The highest BCUT2D eigenvalue weighted by Crippen LogP contribution is 2.34. The third-order valence-electron chi connectivity index (χ3n) is 6.22. The summed E-state index contributed by atoms with van der Waals surface area (Å²) in [4.78, 5) is 29.3. The van der Waals surface area contributed by atoms with Crippen molar-refractivity contribution in [3.63, 3.8) is 0 Å². The lowest BCUT2D eigenvalue weighted by Gasteiger charge is -2.36. The number of nitrogens with one attached hydrogen (secondary N) is 1. The van der Waals surface area contributed by atoms with Gasteiger partial charge in [0.2, 0.25) is 5.91 Å². The number of anilines is 1. The Bertz CT molecular complexity index is 723. The van der Waals surface area contributed by atoms with Gasteiger partial charge in [0.25, 0.3) is 0 Å². The van der Waals surface area contributed by atoms with E-state index in [0.29, 0.717) is 32.8 Å². The average Bonchev–Trinajstić information content (AvgIpc) is 3.59. The van der Waals surface area contributed by atoms with Gasteiger partial charge in [-0.25, -0.2) is 4.79 Å². The van der Waals surface area contributed by atoms with E-state index in [-0.39, 0.29) is 29.9 Å². The van der Waals surface area contributed by atoms with E-state index < -0.39 is 0 Å². The number of hydrogen-bond donors (Lipinski definition) is 2. The first kappa shape index (κ1) is 20.2. The van der Waals surface area contributed by atoms with E-state index in [1.807, 2.05) is 24.3 Å². The lowest BCUT2D eigenvalue weighted by Crippen LogP contribution is -2.44. The second kappa shape index (κ2) is 9.13. The molecule has 1 aromatic carbocycles. The minimum atomic E-state index is -0.0994. The van der Waals surface area contributed by atoms with Gasteiger partial charge in [-0.1, -0.05) is 12.1 Å². The average molecular weight is 401 g/mol. The quantitative estimate of drug-likeness (QED) is 0.795. The molecule has 4 rings (SSSR count). The van der Waals surface area contributed by atoms with Crippen molar-refractivity contribution in [2.75, 3.05) is 31.6 Å². The van der Waals surface area contributed by atoms with Crippen molar-refractivity contribution < 1.29 is 14.3 Å². The van der Waals surface area contributed by atoms with Crippen LogP contribution in [0.2, 0.25) is 0 Å². The van der Waals surface area contributed by atoms with Gasteiger partial charge < -0.3 is 25.6 Å². The van der Waals surface area contributed by atoms with Crippen LogP contribution in [0.25, 0.3) is 0 Å². The van der Waals surface area contributed by atoms with Gasteiger partial charge in [0.1, 0.15) is 0 Å². The van der Waals surface area contributed by atoms with Crippen LogP contribution in [0.4, 0.5) is 10.5 Å². The molecule has 0 unspecified atom stereocenters. The maximum absolute atomic E-state index is 13.0. The molecule has 3 fully saturated rings. The highest BCUT2D eigenvalue weighted by Gasteiger charge is 2.37. The van der Waals surface area contributed by atoms with Crippen LogP contribution in [0, 0.1) is 5.92 Å². The molecule has 158 valence electrons. The molecule has 0 spiro atoms. The van der Waals surface area contributed by atoms with E-state index in [4.69, 9.17) is 10.5 Å². The van der Waals surface area contributed by atoms with Gasteiger partial charge >= 0.3 is 6.03 Å². The molecule has 29 heavy (non-hydrogen) atoms. The second-order valence-electron chi connectivity index (χ2n) is 8.54. The van der Waals surface area contributed by atoms with E-state index in [9.17, 15) is 9.59 Å². The molecular formula is C22H32N4O3. The zero-order chi connectivity index (χ0) is 20.2. The van der Waals surface area contributed by atoms with E-state index in [1.54, 1.807) is 4.90 Å². The molecule has 3 N–H and O–H groups in total. The lowest BCUT2D eigenvalue weighted by molar-refractivity contribution is -0.136. The van der Waals surface area contributed by atoms with Crippen LogP contribution in [-0.2, 0) is 16.1 Å². The first-order valence-electron chi connectivity index (χ1n) is 10.9. The summed E-state index contributed by atoms with van der Waals surface area (Å²) in [5, 5.41) is 2.99. The van der Waals surface area contributed by atoms with Crippen LogP contribution in [0.3, 0.4) is 0 Å². The number of urea groups is 1. The number of nitrogens with two attached hydrogens (primary N) is 1. The lowest BCUT2D eigenvalue weighted by atomic mass is 9.90. The van der Waals surface area contributed by atoms with E-state index >= 15 is 0 Å². The minimum Gasteiger partial charge on any atom is -0.378 e. The molecule has 2 saturated carbocycles. The van der Waals surface area contributed by atoms with Crippen molar-refractivity contribution in [3.8, 4) is 0 Å². The Hall–Kier alpha value is -2.12. The van der Waals surface area contributed by atoms with Crippen LogP contribution in [-0.4, -0.2) is 60.1 Å². The zero-order valence-corrected chi connectivity index (χ0v) is 17.0. The van der Waals surface area contributed by atoms with Crippen molar-refractivity contribution in [3.05, 3.63) is 29.8 Å². The fourth-order valence-corrected chi connectivity index (χ4v) is 4.28. The number of carbonyl (C=O) groups excluding carboxylic acids is 2. The summed E-state index contributed by atoms with van der Waals surface area (Å²) in [6.45, 7) is 2.97. The van der Waals surface area contributed by atoms with Crippen molar-refractivity contribution in [1.29, 1.82) is 0 Å². The summed E-state index contributed by atoms with van der Waals surface area (Å²) in [5.41, 5.74) is 7.89. The van der Waals surface area contributed by atoms with Crippen LogP contribution in [0.5, 0.6) is 0 Å². The molecular weight excluding hydrogens is 368 g/mol. The maximum Gasteiger partial charge on any atom is 0.321 e. The summed E-state index contributed by atoms with van der Waals surface area (Å²) in [5.74, 6) is 0.489. The first-order chi connectivity index (χ1) is 14.1. The summed E-state index contributed by atoms with van der Waals surface area (Å²) < 4.78 is 5.31. The number of amides is 3. The monoisotopic (exact) mass is 400 g/mol. The van der Waals surface area contributed by atoms with Crippen LogP contribution in [0.15, 0.2) is 24.3 Å². The number of hydrogen-bond acceptors (Lipinski definition) is 4. The van der Waals surface area contributed by atoms with Gasteiger partial charge in [-0.05, 0) is 56.2 Å². The number of ether oxygens (including phenoxy) is 1. The van der Waals surface area contributed by atoms with Gasteiger partial charge in [-0.15, -0.1) is 0 Å². The van der Waals surface area contributed by atoms with E-state index in [0.717, 1.165) is 49.8 Å². The van der Waals surface area contributed by atoms with Gasteiger partial charge in [0, 0.05) is 43.3 Å². The molecule has 0 bridgehead atoms. The summed E-state index contributed by atoms with van der Waals surface area (Å²) in [7, 11) is 0. The van der Waals surface area contributed by atoms with Crippen molar-refractivity contribution in [2.24, 2.45) is 11.7 Å². The number of rotatable bonds is 5. The highest BCUT2D eigenvalue weighted by atomic mass is 16.5. The molecule has 3 amide bonds. The normalized spacial score (nSPS) is 24.8. The van der Waals surface area contributed by atoms with Crippen molar-refractivity contribution in [2.45, 2.75) is 57.2 Å². The molecule has 0 aromatic heterocycles. The van der Waals surface area contributed by atoms with Gasteiger partial charge in [-0.2, -0.15) is 0 Å². The smallest absolute Gasteiger partial charge is 0.321 e. The molecule has 7 nitrogen and oxygen atoms in total. The Kier molecular flexibility index (Phi) is 6.35. The maximum atomic E-state index is 13.0. The van der Waals surface area contributed by atoms with Crippen LogP contribution < -0.4 is 11.1 Å². The Balaban J connectivity index is 1.42. The molecule has 1 aliphatic heterocycles. The van der Waals surface area contributed by atoms with Gasteiger partial charge in [0.05, 0.1) is 13.2 Å². The standard InChI is InChI=1S/C22H32N4O3/c23-18-6-8-20(9-7-18)26(21(27)17-4-5-17)15-16-2-1-3-19(14-16)24-22(28)25-10-12-29-13-11-25/h1-3,14,17-18,20H,4-13,15,23H2,(H,24,28). The number of benzene rings is 1. The molecule has 1 saturated heterocycles. The predicted molar refractivity (Wildman–Crippen MR) is 111 cm³/mol. The molecule has 0 atom stereocenters. The van der Waals surface area contributed by atoms with Crippen molar-refractivity contribution in [1.82, 2.24) is 9.80 Å². The fourth-order valence-electron chi connectivity index (χ4n) is 4.28. The van der Waals surface area contributed by atoms with E-state index in [1.165, 1.54) is 0 Å². The minimum absolute atomic E-state index is 0.0994. The Morgan fingerprint density at radius 1 is 1.10 bits per heavy atom. The highest BCUT2D eigenvalue weighted by molar-refractivity contribution is 5.89. The zero-order valence-electron chi connectivity index (χ0n) is 17.0. The Labute approximate surface area is 172 Å². The number of nitrogens with zero attached hydrogens (tertiary/aromatic N) is 2. The van der Waals surface area contributed by atoms with Crippen molar-refractivity contribution >= 4 is 17.6 Å². The first-order valence-corrected chi connectivity index (χ1v) is 10.9. The molecule has 0 radical (unpaired) electrons. The molecule has 7 heteroatoms. The third-order valence-corrected chi connectivity index (χ3v) is 6.22. The number of carbonyl (C=O) groups is 2. The number of morpholine rings is 1. The van der Waals surface area contributed by atoms with Crippen LogP contribution in [0.1, 0.15) is 44.1 Å². The van der Waals surface area contributed by atoms with E-state index in [2.05, 4.69) is 10.2 Å². The Morgan fingerprint density at radius 2 is 1.83 bits per heavy atom. The molecule has 2 aliphatic carbocycles. The summed E-state index contributed by atoms with van der Waals surface area (Å²) in [6, 6.07) is 8.30. The SMILES string of the molecule is NC1CCC(N(Cc2cccc(NC(=O)N3CCOCC3)c2)C(=O)C2CC2)CC1. The fraction of sp³-hybridized carbons (Fsp3) is 0.636. The molecule has 1 aromatic rings. The molecule has 1 heterocycles. The molecule has 3 aliphatic rings. The topological polar surface area (TPSA) is 87.9 Å². The largest absolute Gasteiger partial charge is 0.378 e. The summed E-state index contributed by atoms with van der Waals surface area (Å²) >= 11 is 0.